The summed E-state index contributed by atoms with van der Waals surface area (Å²) in [5.74, 6) is 1.02. The molecule has 1 N–H and O–H groups in total. The Hall–Kier alpha value is -2.85. The summed E-state index contributed by atoms with van der Waals surface area (Å²) >= 11 is 0. The molecule has 0 aliphatic rings. The predicted octanol–water partition coefficient (Wildman–Crippen LogP) is 3.52. The summed E-state index contributed by atoms with van der Waals surface area (Å²) in [7, 11) is -0.904. The minimum atomic E-state index is -4.55. The molecule has 10 heteroatoms. The van der Waals surface area contributed by atoms with Gasteiger partial charge in [0.2, 0.25) is 10.0 Å². The van der Waals surface area contributed by atoms with Crippen LogP contribution in [0, 0.1) is 0 Å². The maximum atomic E-state index is 12.9. The maximum Gasteiger partial charge on any atom is 0.416 e. The number of halogens is 3. The van der Waals surface area contributed by atoms with Crippen LogP contribution in [-0.2, 0) is 23.2 Å². The zero-order valence-electron chi connectivity index (χ0n) is 15.5. The highest BCUT2D eigenvalue weighted by molar-refractivity contribution is 7.89. The number of sulfonamides is 1. The fraction of sp³-hybridized carbons (Fsp3) is 0.211. The van der Waals surface area contributed by atoms with Gasteiger partial charge in [-0.1, -0.05) is 12.1 Å². The van der Waals surface area contributed by atoms with Gasteiger partial charge in [0.25, 0.3) is 0 Å². The summed E-state index contributed by atoms with van der Waals surface area (Å²) in [6.45, 7) is 0. The molecule has 0 fully saturated rings. The van der Waals surface area contributed by atoms with Gasteiger partial charge in [0.05, 0.1) is 17.6 Å². The van der Waals surface area contributed by atoms with Crippen LogP contribution < -0.4 is 9.46 Å². The highest BCUT2D eigenvalue weighted by Crippen LogP contribution is 2.30. The van der Waals surface area contributed by atoms with E-state index in [0.717, 1.165) is 24.3 Å². The number of ether oxygens (including phenoxy) is 1. The van der Waals surface area contributed by atoms with Gasteiger partial charge in [-0.25, -0.2) is 13.4 Å². The second kappa shape index (κ2) is 7.88. The topological polar surface area (TPSA) is 73.2 Å². The summed E-state index contributed by atoms with van der Waals surface area (Å²) in [6, 6.07) is 9.20. The lowest BCUT2D eigenvalue weighted by Crippen LogP contribution is -2.31. The number of benzene rings is 2. The second-order valence-electron chi connectivity index (χ2n) is 6.25. The van der Waals surface area contributed by atoms with Crippen LogP contribution in [0.15, 0.2) is 65.8 Å². The number of hydrogen-bond donors (Lipinski definition) is 1. The average Bonchev–Trinajstić information content (AvgIpc) is 3.11. The fourth-order valence-electron chi connectivity index (χ4n) is 2.77. The number of imidazole rings is 1. The molecule has 0 saturated carbocycles. The van der Waals surface area contributed by atoms with Gasteiger partial charge >= 0.3 is 6.18 Å². The third-order valence-corrected chi connectivity index (χ3v) is 5.77. The number of aromatic nitrogens is 2. The van der Waals surface area contributed by atoms with Crippen LogP contribution in [0.5, 0.6) is 5.75 Å². The molecular formula is C19H18F3N3O3S. The van der Waals surface area contributed by atoms with Crippen molar-refractivity contribution in [3.63, 3.8) is 0 Å². The third-order valence-electron chi connectivity index (χ3n) is 4.33. The first kappa shape index (κ1) is 20.9. The third kappa shape index (κ3) is 4.60. The van der Waals surface area contributed by atoms with E-state index in [-0.39, 0.29) is 4.90 Å². The highest BCUT2D eigenvalue weighted by atomic mass is 32.2. The molecule has 1 atom stereocenters. The summed E-state index contributed by atoms with van der Waals surface area (Å²) < 4.78 is 73.3. The van der Waals surface area contributed by atoms with Crippen LogP contribution in [-0.4, -0.2) is 25.1 Å². The van der Waals surface area contributed by atoms with Crippen molar-refractivity contribution in [1.29, 1.82) is 0 Å². The highest BCUT2D eigenvalue weighted by Gasteiger charge is 2.31. The minimum Gasteiger partial charge on any atom is -0.497 e. The molecule has 2 aromatic carbocycles. The minimum absolute atomic E-state index is 0.279. The quantitative estimate of drug-likeness (QED) is 0.656. The Morgan fingerprint density at radius 1 is 1.07 bits per heavy atom. The van der Waals surface area contributed by atoms with Crippen LogP contribution in [0.2, 0.25) is 0 Å². The van der Waals surface area contributed by atoms with E-state index < -0.39 is 27.8 Å². The Morgan fingerprint density at radius 3 is 2.17 bits per heavy atom. The lowest BCUT2D eigenvalue weighted by molar-refractivity contribution is -0.137. The van der Waals surface area contributed by atoms with Crippen molar-refractivity contribution in [3.8, 4) is 5.75 Å². The van der Waals surface area contributed by atoms with Gasteiger partial charge in [-0.3, -0.25) is 0 Å². The Kier molecular flexibility index (Phi) is 5.67. The number of rotatable bonds is 6. The van der Waals surface area contributed by atoms with Gasteiger partial charge in [0.1, 0.15) is 17.6 Å². The lowest BCUT2D eigenvalue weighted by atomic mass is 10.1. The molecule has 0 radical (unpaired) electrons. The van der Waals surface area contributed by atoms with E-state index in [9.17, 15) is 21.6 Å². The summed E-state index contributed by atoms with van der Waals surface area (Å²) in [5.41, 5.74) is -0.331. The van der Waals surface area contributed by atoms with Crippen LogP contribution >= 0.6 is 0 Å². The van der Waals surface area contributed by atoms with E-state index in [0.29, 0.717) is 17.1 Å². The van der Waals surface area contributed by atoms with Crippen LogP contribution in [0.1, 0.15) is 23.0 Å². The van der Waals surface area contributed by atoms with Crippen LogP contribution in [0.25, 0.3) is 0 Å². The molecule has 1 aromatic heterocycles. The van der Waals surface area contributed by atoms with Crippen molar-refractivity contribution in [2.45, 2.75) is 17.1 Å². The van der Waals surface area contributed by atoms with E-state index in [1.165, 1.54) is 13.3 Å². The monoisotopic (exact) mass is 425 g/mol. The fourth-order valence-corrected chi connectivity index (χ4v) is 3.95. The van der Waals surface area contributed by atoms with Crippen molar-refractivity contribution in [3.05, 3.63) is 77.9 Å². The molecule has 0 bridgehead atoms. The number of nitrogens with zero attached hydrogens (tertiary/aromatic N) is 2. The molecule has 0 amide bonds. The van der Waals surface area contributed by atoms with Gasteiger partial charge in [0.15, 0.2) is 0 Å². The summed E-state index contributed by atoms with van der Waals surface area (Å²) in [5, 5.41) is 0. The molecule has 3 rings (SSSR count). The molecule has 0 spiro atoms. The number of methoxy groups -OCH3 is 1. The second-order valence-corrected chi connectivity index (χ2v) is 7.96. The summed E-state index contributed by atoms with van der Waals surface area (Å²) in [4.78, 5) is 3.94. The van der Waals surface area contributed by atoms with Crippen LogP contribution in [0.4, 0.5) is 13.2 Å². The number of alkyl halides is 3. The van der Waals surface area contributed by atoms with E-state index in [4.69, 9.17) is 4.74 Å². The number of nitrogens with one attached hydrogen (secondary N) is 1. The van der Waals surface area contributed by atoms with Crippen molar-refractivity contribution >= 4 is 10.0 Å². The van der Waals surface area contributed by atoms with Crippen molar-refractivity contribution in [2.75, 3.05) is 7.11 Å². The van der Waals surface area contributed by atoms with E-state index in [1.54, 1.807) is 42.1 Å². The Morgan fingerprint density at radius 2 is 1.69 bits per heavy atom. The molecule has 0 aliphatic carbocycles. The normalized spacial score (nSPS) is 13.3. The van der Waals surface area contributed by atoms with E-state index in [2.05, 4.69) is 9.71 Å². The molecule has 0 saturated heterocycles. The van der Waals surface area contributed by atoms with Crippen molar-refractivity contribution in [1.82, 2.24) is 14.3 Å². The number of aryl methyl sites for hydroxylation is 1. The molecule has 6 nitrogen and oxygen atoms in total. The van der Waals surface area contributed by atoms with Crippen LogP contribution in [0.3, 0.4) is 0 Å². The maximum absolute atomic E-state index is 12.9. The number of hydrogen-bond acceptors (Lipinski definition) is 4. The van der Waals surface area contributed by atoms with Gasteiger partial charge in [-0.2, -0.15) is 17.9 Å². The zero-order chi connectivity index (χ0) is 21.2. The van der Waals surface area contributed by atoms with Gasteiger partial charge < -0.3 is 9.30 Å². The molecule has 1 unspecified atom stereocenters. The van der Waals surface area contributed by atoms with Crippen molar-refractivity contribution < 1.29 is 26.3 Å². The first-order valence-corrected chi connectivity index (χ1v) is 9.91. The van der Waals surface area contributed by atoms with Gasteiger partial charge in [0, 0.05) is 19.4 Å². The predicted molar refractivity (Wildman–Crippen MR) is 99.8 cm³/mol. The Labute approximate surface area is 166 Å². The molecule has 3 aromatic rings. The molecule has 1 heterocycles. The van der Waals surface area contributed by atoms with Crippen molar-refractivity contribution in [2.24, 2.45) is 7.05 Å². The molecular weight excluding hydrogens is 407 g/mol. The largest absolute Gasteiger partial charge is 0.497 e. The van der Waals surface area contributed by atoms with Gasteiger partial charge in [-0.15, -0.1) is 0 Å². The smallest absolute Gasteiger partial charge is 0.416 e. The molecule has 29 heavy (non-hydrogen) atoms. The first-order valence-electron chi connectivity index (χ1n) is 8.42. The Balaban J connectivity index is 1.97. The average molecular weight is 425 g/mol. The van der Waals surface area contributed by atoms with E-state index in [1.807, 2.05) is 0 Å². The molecule has 154 valence electrons. The lowest BCUT2D eigenvalue weighted by Gasteiger charge is -2.20. The summed E-state index contributed by atoms with van der Waals surface area (Å²) in [6.07, 6.45) is -1.36. The molecule has 0 aliphatic heterocycles. The zero-order valence-corrected chi connectivity index (χ0v) is 16.3. The van der Waals surface area contributed by atoms with Gasteiger partial charge in [-0.05, 0) is 42.0 Å². The standard InChI is InChI=1S/C19H18F3N3O3S/c1-25-12-11-23-18(25)17(13-3-7-15(28-2)8-4-13)24-29(26,27)16-9-5-14(6-10-16)19(20,21)22/h3-12,17,24H,1-2H3. The SMILES string of the molecule is COc1ccc(C(NS(=O)(=O)c2ccc(C(F)(F)F)cc2)c2nccn2C)cc1. The Bertz CT molecular complexity index is 1080. The van der Waals surface area contributed by atoms with E-state index >= 15 is 0 Å². The first-order chi connectivity index (χ1) is 13.6.